The summed E-state index contributed by atoms with van der Waals surface area (Å²) in [7, 11) is 0. The summed E-state index contributed by atoms with van der Waals surface area (Å²) < 4.78 is 1.71. The van der Waals surface area contributed by atoms with Gasteiger partial charge in [0, 0.05) is 37.9 Å². The number of nitrogens with zero attached hydrogens (tertiary/aromatic N) is 2. The van der Waals surface area contributed by atoms with Crippen molar-refractivity contribution in [3.63, 3.8) is 0 Å². The van der Waals surface area contributed by atoms with E-state index in [1.54, 1.807) is 22.9 Å². The van der Waals surface area contributed by atoms with Crippen molar-refractivity contribution in [1.29, 1.82) is 0 Å². The van der Waals surface area contributed by atoms with Gasteiger partial charge in [-0.3, -0.25) is 4.79 Å². The van der Waals surface area contributed by atoms with Gasteiger partial charge >= 0.3 is 6.03 Å². The number of rotatable bonds is 5. The number of hydrogen-bond donors (Lipinski definition) is 1. The summed E-state index contributed by atoms with van der Waals surface area (Å²) in [6.07, 6.45) is 7.08. The zero-order valence-corrected chi connectivity index (χ0v) is 14.3. The summed E-state index contributed by atoms with van der Waals surface area (Å²) in [4.78, 5) is 25.9. The minimum atomic E-state index is 0.0314. The van der Waals surface area contributed by atoms with E-state index < -0.39 is 0 Å². The van der Waals surface area contributed by atoms with Crippen LogP contribution in [0.25, 0.3) is 0 Å². The van der Waals surface area contributed by atoms with Crippen molar-refractivity contribution in [2.45, 2.75) is 58.5 Å². The van der Waals surface area contributed by atoms with Crippen LogP contribution in [0.1, 0.15) is 46.0 Å². The molecule has 1 saturated heterocycles. The fourth-order valence-corrected chi connectivity index (χ4v) is 3.16. The lowest BCUT2D eigenvalue weighted by molar-refractivity contribution is 0.173. The summed E-state index contributed by atoms with van der Waals surface area (Å²) in [6.45, 7) is 6.58. The Hall–Kier alpha value is -1.78. The van der Waals surface area contributed by atoms with Gasteiger partial charge in [-0.15, -0.1) is 0 Å². The van der Waals surface area contributed by atoms with Crippen LogP contribution < -0.4 is 10.9 Å². The van der Waals surface area contributed by atoms with Crippen molar-refractivity contribution >= 4 is 6.03 Å². The van der Waals surface area contributed by atoms with E-state index in [9.17, 15) is 9.59 Å². The number of pyridine rings is 1. The molecule has 0 spiro atoms. The number of unbranched alkanes of at least 4 members (excludes halogenated alkanes) is 1. The molecule has 0 aromatic carbocycles. The van der Waals surface area contributed by atoms with Crippen LogP contribution in [0.15, 0.2) is 29.2 Å². The predicted molar refractivity (Wildman–Crippen MR) is 92.5 cm³/mol. The summed E-state index contributed by atoms with van der Waals surface area (Å²) in [5.41, 5.74) is 0.0314. The molecule has 23 heavy (non-hydrogen) atoms. The SMILES string of the molecule is CC1CCCC(C)N(C(=O)NCCCCn2ccccc2=O)C1. The number of carbonyl (C=O) groups is 1. The molecule has 2 rings (SSSR count). The fraction of sp³-hybridized carbons (Fsp3) is 0.667. The van der Waals surface area contributed by atoms with Gasteiger partial charge < -0.3 is 14.8 Å². The zero-order valence-electron chi connectivity index (χ0n) is 14.3. The van der Waals surface area contributed by atoms with Crippen molar-refractivity contribution in [3.8, 4) is 0 Å². The number of likely N-dealkylation sites (tertiary alicyclic amines) is 1. The normalized spacial score (nSPS) is 21.7. The van der Waals surface area contributed by atoms with Gasteiger partial charge in [0.15, 0.2) is 0 Å². The van der Waals surface area contributed by atoms with Crippen molar-refractivity contribution in [2.75, 3.05) is 13.1 Å². The van der Waals surface area contributed by atoms with Gasteiger partial charge in [0.05, 0.1) is 0 Å². The lowest BCUT2D eigenvalue weighted by Crippen LogP contribution is -2.46. The largest absolute Gasteiger partial charge is 0.338 e. The van der Waals surface area contributed by atoms with E-state index in [0.717, 1.165) is 25.8 Å². The molecule has 0 saturated carbocycles. The van der Waals surface area contributed by atoms with E-state index in [4.69, 9.17) is 0 Å². The number of nitrogens with one attached hydrogen (secondary N) is 1. The second-order valence-electron chi connectivity index (χ2n) is 6.71. The first kappa shape index (κ1) is 17.6. The number of aryl methyl sites for hydroxylation is 1. The van der Waals surface area contributed by atoms with Gasteiger partial charge in [0.2, 0.25) is 5.56 Å². The van der Waals surface area contributed by atoms with Gasteiger partial charge in [0.25, 0.3) is 0 Å². The Morgan fingerprint density at radius 2 is 2.09 bits per heavy atom. The van der Waals surface area contributed by atoms with Crippen LogP contribution in [-0.2, 0) is 6.54 Å². The maximum atomic E-state index is 12.4. The van der Waals surface area contributed by atoms with Gasteiger partial charge in [-0.25, -0.2) is 4.79 Å². The number of amides is 2. The second kappa shape index (κ2) is 8.75. The van der Waals surface area contributed by atoms with Gasteiger partial charge in [-0.2, -0.15) is 0 Å². The van der Waals surface area contributed by atoms with Crippen LogP contribution in [0, 0.1) is 5.92 Å². The molecule has 128 valence electrons. The van der Waals surface area contributed by atoms with E-state index in [-0.39, 0.29) is 11.6 Å². The third kappa shape index (κ3) is 5.41. The minimum absolute atomic E-state index is 0.0314. The van der Waals surface area contributed by atoms with Crippen LogP contribution in [-0.4, -0.2) is 34.6 Å². The monoisotopic (exact) mass is 319 g/mol. The Morgan fingerprint density at radius 1 is 1.26 bits per heavy atom. The molecule has 2 amide bonds. The van der Waals surface area contributed by atoms with Gasteiger partial charge in [-0.1, -0.05) is 19.4 Å². The maximum absolute atomic E-state index is 12.4. The highest BCUT2D eigenvalue weighted by Gasteiger charge is 2.24. The average Bonchev–Trinajstić information content (AvgIpc) is 2.69. The molecule has 1 N–H and O–H groups in total. The molecular weight excluding hydrogens is 290 g/mol. The van der Waals surface area contributed by atoms with Crippen molar-refractivity contribution in [1.82, 2.24) is 14.8 Å². The highest BCUT2D eigenvalue weighted by molar-refractivity contribution is 5.74. The van der Waals surface area contributed by atoms with Crippen LogP contribution in [0.4, 0.5) is 4.79 Å². The molecule has 1 aliphatic rings. The van der Waals surface area contributed by atoms with Crippen molar-refractivity contribution in [3.05, 3.63) is 34.7 Å². The fourth-order valence-electron chi connectivity index (χ4n) is 3.16. The molecule has 2 unspecified atom stereocenters. The Labute approximate surface area is 138 Å². The second-order valence-corrected chi connectivity index (χ2v) is 6.71. The van der Waals surface area contributed by atoms with E-state index in [1.165, 1.54) is 12.8 Å². The van der Waals surface area contributed by atoms with E-state index >= 15 is 0 Å². The molecule has 5 nitrogen and oxygen atoms in total. The summed E-state index contributed by atoms with van der Waals surface area (Å²) in [5.74, 6) is 0.579. The topological polar surface area (TPSA) is 54.3 Å². The minimum Gasteiger partial charge on any atom is -0.338 e. The van der Waals surface area contributed by atoms with Crippen molar-refractivity contribution < 1.29 is 4.79 Å². The Bertz CT molecular complexity index is 555. The third-order valence-corrected chi connectivity index (χ3v) is 4.62. The smallest absolute Gasteiger partial charge is 0.317 e. The molecule has 1 fully saturated rings. The first-order valence-electron chi connectivity index (χ1n) is 8.78. The van der Waals surface area contributed by atoms with Gasteiger partial charge in [-0.05, 0) is 44.6 Å². The van der Waals surface area contributed by atoms with Gasteiger partial charge in [0.1, 0.15) is 0 Å². The molecule has 1 aromatic rings. The third-order valence-electron chi connectivity index (χ3n) is 4.62. The Balaban J connectivity index is 1.70. The quantitative estimate of drug-likeness (QED) is 0.849. The van der Waals surface area contributed by atoms with Crippen LogP contribution >= 0.6 is 0 Å². The van der Waals surface area contributed by atoms with Crippen LogP contribution in [0.5, 0.6) is 0 Å². The Kier molecular flexibility index (Phi) is 6.68. The number of carbonyl (C=O) groups excluding carboxylic acids is 1. The summed E-state index contributed by atoms with van der Waals surface area (Å²) in [5, 5.41) is 3.03. The standard InChI is InChI=1S/C18H29N3O2/c1-15-8-7-9-16(2)21(14-15)18(23)19-11-4-6-13-20-12-5-3-10-17(20)22/h3,5,10,12,15-16H,4,6-9,11,13-14H2,1-2H3,(H,19,23). The average molecular weight is 319 g/mol. The molecule has 5 heteroatoms. The summed E-state index contributed by atoms with van der Waals surface area (Å²) in [6, 6.07) is 5.57. The lowest BCUT2D eigenvalue weighted by Gasteiger charge is -2.28. The highest BCUT2D eigenvalue weighted by atomic mass is 16.2. The molecule has 0 radical (unpaired) electrons. The molecular formula is C18H29N3O2. The molecule has 0 bridgehead atoms. The molecule has 0 aliphatic carbocycles. The molecule has 2 heterocycles. The zero-order chi connectivity index (χ0) is 16.7. The lowest BCUT2D eigenvalue weighted by atomic mass is 10.1. The van der Waals surface area contributed by atoms with E-state index in [1.807, 2.05) is 11.0 Å². The van der Waals surface area contributed by atoms with Crippen LogP contribution in [0.3, 0.4) is 0 Å². The van der Waals surface area contributed by atoms with Crippen LogP contribution in [0.2, 0.25) is 0 Å². The number of urea groups is 1. The maximum Gasteiger partial charge on any atom is 0.317 e. The van der Waals surface area contributed by atoms with E-state index in [2.05, 4.69) is 19.2 Å². The molecule has 1 aromatic heterocycles. The number of aromatic nitrogens is 1. The Morgan fingerprint density at radius 3 is 2.87 bits per heavy atom. The molecule has 1 aliphatic heterocycles. The number of hydrogen-bond acceptors (Lipinski definition) is 2. The first-order valence-corrected chi connectivity index (χ1v) is 8.78. The van der Waals surface area contributed by atoms with Crippen molar-refractivity contribution in [2.24, 2.45) is 5.92 Å². The van der Waals surface area contributed by atoms with E-state index in [0.29, 0.717) is 25.0 Å². The predicted octanol–water partition coefficient (Wildman–Crippen LogP) is 2.85. The highest BCUT2D eigenvalue weighted by Crippen LogP contribution is 2.20. The summed E-state index contributed by atoms with van der Waals surface area (Å²) >= 11 is 0. The first-order chi connectivity index (χ1) is 11.1. The molecule has 2 atom stereocenters.